The van der Waals surface area contributed by atoms with Crippen molar-refractivity contribution >= 4 is 17.9 Å². The van der Waals surface area contributed by atoms with Crippen molar-refractivity contribution < 1.29 is 28.6 Å². The third-order valence-corrected chi connectivity index (χ3v) is 10.7. The van der Waals surface area contributed by atoms with Crippen LogP contribution in [-0.4, -0.2) is 37.2 Å². The number of allylic oxidation sites excluding steroid dienone is 18. The lowest BCUT2D eigenvalue weighted by atomic mass is 10.1. The fraction of sp³-hybridized carbons (Fsp3) is 0.638. The van der Waals surface area contributed by atoms with Gasteiger partial charge in [-0.3, -0.25) is 14.4 Å². The summed E-state index contributed by atoms with van der Waals surface area (Å²) in [7, 11) is 0. The second kappa shape index (κ2) is 51.7. The van der Waals surface area contributed by atoms with Crippen molar-refractivity contribution in [2.24, 2.45) is 0 Å². The molecule has 6 heteroatoms. The number of carbonyl (C=O) groups excluding carboxylic acids is 3. The monoisotopic (exact) mass is 887 g/mol. The molecule has 0 saturated heterocycles. The largest absolute Gasteiger partial charge is 0.462 e. The maximum atomic E-state index is 12.8. The number of hydrogen-bond acceptors (Lipinski definition) is 6. The van der Waals surface area contributed by atoms with E-state index < -0.39 is 6.10 Å². The molecule has 0 fully saturated rings. The molecule has 1 atom stereocenters. The highest BCUT2D eigenvalue weighted by Crippen LogP contribution is 2.14. The van der Waals surface area contributed by atoms with Crippen molar-refractivity contribution in [1.82, 2.24) is 0 Å². The molecule has 0 radical (unpaired) electrons. The van der Waals surface area contributed by atoms with Gasteiger partial charge in [0.1, 0.15) is 13.2 Å². The van der Waals surface area contributed by atoms with Crippen molar-refractivity contribution in [3.63, 3.8) is 0 Å². The first-order chi connectivity index (χ1) is 31.5. The Kier molecular flexibility index (Phi) is 48.5. The smallest absolute Gasteiger partial charge is 0.306 e. The molecule has 6 nitrogen and oxygen atoms in total. The highest BCUT2D eigenvalue weighted by atomic mass is 16.6. The van der Waals surface area contributed by atoms with Crippen LogP contribution < -0.4 is 0 Å². The van der Waals surface area contributed by atoms with Crippen LogP contribution >= 0.6 is 0 Å². The fourth-order valence-corrected chi connectivity index (χ4v) is 6.84. The zero-order chi connectivity index (χ0) is 46.5. The Bertz CT molecular complexity index is 1340. The topological polar surface area (TPSA) is 78.9 Å². The van der Waals surface area contributed by atoms with Gasteiger partial charge in [0.2, 0.25) is 0 Å². The van der Waals surface area contributed by atoms with Crippen LogP contribution in [-0.2, 0) is 28.6 Å². The maximum absolute atomic E-state index is 12.8. The lowest BCUT2D eigenvalue weighted by molar-refractivity contribution is -0.167. The summed E-state index contributed by atoms with van der Waals surface area (Å²) in [6, 6.07) is 0. The van der Waals surface area contributed by atoms with Gasteiger partial charge in [0.15, 0.2) is 6.10 Å². The molecule has 1 unspecified atom stereocenters. The van der Waals surface area contributed by atoms with E-state index in [9.17, 15) is 14.4 Å². The normalized spacial score (nSPS) is 13.0. The third kappa shape index (κ3) is 49.1. The van der Waals surface area contributed by atoms with E-state index in [0.717, 1.165) is 83.5 Å². The number of esters is 3. The third-order valence-electron chi connectivity index (χ3n) is 10.7. The standard InChI is InChI=1S/C58H94O6/c1-4-7-10-13-16-19-22-24-26-28-29-31-32-34-36-39-42-45-48-51-57(60)63-54-55(53-62-56(59)50-47-44-41-38-21-18-15-12-9-6-3)64-58(61)52-49-46-43-40-37-35-33-30-27-25-23-20-17-14-11-8-5-2/h7-8,10-11,14,16-17,19-20,23-27,30,33,35,37,55H,4-6,9,12-13,15,18,21-22,28-29,31-32,34,36,38-54H2,1-3H3/b10-7-,11-8-,17-14-,19-16-,23-20-,26-24-,27-25-,33-30+,37-35-. The zero-order valence-electron chi connectivity index (χ0n) is 41.3. The minimum Gasteiger partial charge on any atom is -0.462 e. The van der Waals surface area contributed by atoms with E-state index >= 15 is 0 Å². The Hall–Kier alpha value is -3.93. The van der Waals surface area contributed by atoms with Crippen LogP contribution in [0.25, 0.3) is 0 Å². The van der Waals surface area contributed by atoms with Crippen LogP contribution in [0.1, 0.15) is 220 Å². The van der Waals surface area contributed by atoms with E-state index in [4.69, 9.17) is 14.2 Å². The molecule has 0 spiro atoms. The van der Waals surface area contributed by atoms with Crippen molar-refractivity contribution in [2.75, 3.05) is 13.2 Å². The molecule has 64 heavy (non-hydrogen) atoms. The number of rotatable bonds is 45. The number of ether oxygens (including phenoxy) is 3. The molecule has 0 bridgehead atoms. The van der Waals surface area contributed by atoms with Gasteiger partial charge in [0.05, 0.1) is 0 Å². The molecule has 0 saturated carbocycles. The minimum atomic E-state index is -0.803. The lowest BCUT2D eigenvalue weighted by Gasteiger charge is -2.18. The van der Waals surface area contributed by atoms with Gasteiger partial charge in [-0.05, 0) is 70.6 Å². The van der Waals surface area contributed by atoms with E-state index in [1.807, 2.05) is 60.8 Å². The molecule has 0 N–H and O–H groups in total. The minimum absolute atomic E-state index is 0.0984. The van der Waals surface area contributed by atoms with Gasteiger partial charge in [0.25, 0.3) is 0 Å². The Morgan fingerprint density at radius 2 is 0.688 bits per heavy atom. The first kappa shape index (κ1) is 60.1. The number of carbonyl (C=O) groups is 3. The van der Waals surface area contributed by atoms with Crippen LogP contribution in [0.5, 0.6) is 0 Å². The molecule has 0 rings (SSSR count). The summed E-state index contributed by atoms with van der Waals surface area (Å²) in [5.74, 6) is -0.953. The molecule has 0 aliphatic rings. The van der Waals surface area contributed by atoms with Crippen molar-refractivity contribution in [1.29, 1.82) is 0 Å². The molecule has 362 valence electrons. The van der Waals surface area contributed by atoms with Gasteiger partial charge in [-0.1, -0.05) is 239 Å². The van der Waals surface area contributed by atoms with Crippen LogP contribution in [0.3, 0.4) is 0 Å². The first-order valence-corrected chi connectivity index (χ1v) is 26.0. The first-order valence-electron chi connectivity index (χ1n) is 26.0. The van der Waals surface area contributed by atoms with Crippen LogP contribution in [0.15, 0.2) is 109 Å². The number of unbranched alkanes of at least 4 members (excludes halogenated alkanes) is 21. The van der Waals surface area contributed by atoms with Crippen molar-refractivity contribution in [3.05, 3.63) is 109 Å². The second-order valence-corrected chi connectivity index (χ2v) is 16.8. The van der Waals surface area contributed by atoms with Crippen LogP contribution in [0, 0.1) is 0 Å². The highest BCUT2D eigenvalue weighted by Gasteiger charge is 2.19. The van der Waals surface area contributed by atoms with E-state index in [1.165, 1.54) is 89.9 Å². The maximum Gasteiger partial charge on any atom is 0.306 e. The molecule has 0 aliphatic carbocycles. The molecule has 0 amide bonds. The van der Waals surface area contributed by atoms with E-state index in [-0.39, 0.29) is 37.5 Å². The molecule has 0 aromatic carbocycles. The van der Waals surface area contributed by atoms with E-state index in [0.29, 0.717) is 19.3 Å². The van der Waals surface area contributed by atoms with E-state index in [1.54, 1.807) is 0 Å². The molecule has 0 aromatic rings. The Labute approximate surface area is 393 Å². The summed E-state index contributed by atoms with van der Waals surface area (Å²) in [6.45, 7) is 6.32. The molecule has 0 aromatic heterocycles. The summed E-state index contributed by atoms with van der Waals surface area (Å²) in [4.78, 5) is 38.0. The van der Waals surface area contributed by atoms with Crippen molar-refractivity contribution in [2.45, 2.75) is 226 Å². The van der Waals surface area contributed by atoms with Crippen LogP contribution in [0.2, 0.25) is 0 Å². The summed E-state index contributed by atoms with van der Waals surface area (Å²) in [5.41, 5.74) is 0. The SMILES string of the molecule is CC\C=C/C=C\C=C/C=C\C=C\C=C/CCCCCC(=O)OC(COC(=O)CCCCCCCCCCCC)COC(=O)CCCCCCCCCCC/C=C\C/C=C\C/C=C\CC. The molecular formula is C58H94O6. The average molecular weight is 887 g/mol. The summed E-state index contributed by atoms with van der Waals surface area (Å²) < 4.78 is 16.7. The van der Waals surface area contributed by atoms with E-state index in [2.05, 4.69) is 69.4 Å². The second-order valence-electron chi connectivity index (χ2n) is 16.8. The van der Waals surface area contributed by atoms with Gasteiger partial charge in [-0.15, -0.1) is 0 Å². The van der Waals surface area contributed by atoms with Gasteiger partial charge < -0.3 is 14.2 Å². The van der Waals surface area contributed by atoms with Crippen molar-refractivity contribution in [3.8, 4) is 0 Å². The highest BCUT2D eigenvalue weighted by molar-refractivity contribution is 5.71. The Morgan fingerprint density at radius 3 is 1.16 bits per heavy atom. The summed E-state index contributed by atoms with van der Waals surface area (Å²) in [5, 5.41) is 0. The lowest BCUT2D eigenvalue weighted by Crippen LogP contribution is -2.30. The fourth-order valence-electron chi connectivity index (χ4n) is 6.84. The van der Waals surface area contributed by atoms with Gasteiger partial charge in [-0.2, -0.15) is 0 Å². The number of hydrogen-bond donors (Lipinski definition) is 0. The van der Waals surface area contributed by atoms with Gasteiger partial charge in [-0.25, -0.2) is 0 Å². The zero-order valence-corrected chi connectivity index (χ0v) is 41.3. The average Bonchev–Trinajstić information content (AvgIpc) is 3.29. The Morgan fingerprint density at radius 1 is 0.344 bits per heavy atom. The Balaban J connectivity index is 4.44. The molecular weight excluding hydrogens is 793 g/mol. The molecule has 0 aliphatic heterocycles. The predicted molar refractivity (Wildman–Crippen MR) is 274 cm³/mol. The summed E-state index contributed by atoms with van der Waals surface area (Å²) in [6.07, 6.45) is 69.3. The molecule has 0 heterocycles. The quantitative estimate of drug-likeness (QED) is 0.0199. The predicted octanol–water partition coefficient (Wildman–Crippen LogP) is 17.1. The van der Waals surface area contributed by atoms with Gasteiger partial charge >= 0.3 is 17.9 Å². The summed E-state index contributed by atoms with van der Waals surface area (Å²) >= 11 is 0. The van der Waals surface area contributed by atoms with Crippen LogP contribution in [0.4, 0.5) is 0 Å². The van der Waals surface area contributed by atoms with Gasteiger partial charge in [0, 0.05) is 19.3 Å².